The lowest BCUT2D eigenvalue weighted by molar-refractivity contribution is -0.274. The summed E-state index contributed by atoms with van der Waals surface area (Å²) in [5, 5.41) is 11.0. The maximum atomic E-state index is 13.7. The number of pyridine rings is 1. The first-order valence-corrected chi connectivity index (χ1v) is 7.50. The fourth-order valence-corrected chi connectivity index (χ4v) is 3.09. The molecule has 124 valence electrons. The van der Waals surface area contributed by atoms with Crippen LogP contribution in [-0.2, 0) is 5.60 Å². The van der Waals surface area contributed by atoms with Gasteiger partial charge >= 0.3 is 6.18 Å². The number of aryl methyl sites for hydroxylation is 1. The summed E-state index contributed by atoms with van der Waals surface area (Å²) in [4.78, 5) is 3.87. The van der Waals surface area contributed by atoms with Gasteiger partial charge in [-0.3, -0.25) is 4.98 Å². The van der Waals surface area contributed by atoms with Crippen molar-refractivity contribution in [2.45, 2.75) is 31.5 Å². The Bertz CT molecular complexity index is 721. The SMILES string of the molecule is Cc1cc(C(O)(C(C)c2ccc(Cl)cc2Cl)C(F)(F)F)ccn1. The number of nitrogens with zero attached hydrogens (tertiary/aromatic N) is 1. The van der Waals surface area contributed by atoms with E-state index in [1.807, 2.05) is 0 Å². The van der Waals surface area contributed by atoms with Crippen LogP contribution in [0.3, 0.4) is 0 Å². The van der Waals surface area contributed by atoms with Crippen LogP contribution in [0, 0.1) is 6.92 Å². The van der Waals surface area contributed by atoms with Gasteiger partial charge in [0.15, 0.2) is 5.60 Å². The van der Waals surface area contributed by atoms with Crippen molar-refractivity contribution in [1.82, 2.24) is 4.98 Å². The molecule has 0 amide bonds. The van der Waals surface area contributed by atoms with E-state index >= 15 is 0 Å². The summed E-state index contributed by atoms with van der Waals surface area (Å²) in [5.41, 5.74) is -2.85. The number of hydrogen-bond donors (Lipinski definition) is 1. The highest BCUT2D eigenvalue weighted by molar-refractivity contribution is 6.35. The minimum absolute atomic E-state index is 0.0680. The molecule has 23 heavy (non-hydrogen) atoms. The molecule has 0 spiro atoms. The first-order valence-electron chi connectivity index (χ1n) is 6.74. The summed E-state index contributed by atoms with van der Waals surface area (Å²) >= 11 is 11.8. The molecule has 2 unspecified atom stereocenters. The van der Waals surface area contributed by atoms with Gasteiger partial charge < -0.3 is 5.11 Å². The molecule has 2 aromatic rings. The quantitative estimate of drug-likeness (QED) is 0.807. The third-order valence-electron chi connectivity index (χ3n) is 3.82. The van der Waals surface area contributed by atoms with E-state index in [1.165, 1.54) is 37.4 Å². The van der Waals surface area contributed by atoms with E-state index in [1.54, 1.807) is 6.92 Å². The Kier molecular flexibility index (Phi) is 4.95. The summed E-state index contributed by atoms with van der Waals surface area (Å²) in [6.07, 6.45) is -3.67. The predicted molar refractivity (Wildman–Crippen MR) is 83.8 cm³/mol. The van der Waals surface area contributed by atoms with Gasteiger partial charge in [-0.2, -0.15) is 13.2 Å². The van der Waals surface area contributed by atoms with Gasteiger partial charge in [-0.25, -0.2) is 0 Å². The van der Waals surface area contributed by atoms with Crippen molar-refractivity contribution in [3.05, 3.63) is 63.4 Å². The predicted octanol–water partition coefficient (Wildman–Crippen LogP) is 5.25. The average molecular weight is 364 g/mol. The van der Waals surface area contributed by atoms with E-state index in [9.17, 15) is 18.3 Å². The Morgan fingerprint density at radius 1 is 1.13 bits per heavy atom. The Labute approximate surface area is 141 Å². The number of benzene rings is 1. The molecule has 0 aliphatic carbocycles. The van der Waals surface area contributed by atoms with Gasteiger partial charge in [0.05, 0.1) is 0 Å². The van der Waals surface area contributed by atoms with E-state index < -0.39 is 17.7 Å². The second-order valence-electron chi connectivity index (χ2n) is 5.34. The van der Waals surface area contributed by atoms with Crippen molar-refractivity contribution in [3.8, 4) is 0 Å². The lowest BCUT2D eigenvalue weighted by Crippen LogP contribution is -2.46. The maximum absolute atomic E-state index is 13.7. The van der Waals surface area contributed by atoms with Gasteiger partial charge in [0, 0.05) is 27.9 Å². The zero-order valence-electron chi connectivity index (χ0n) is 12.3. The van der Waals surface area contributed by atoms with Crippen LogP contribution in [0.15, 0.2) is 36.5 Å². The third-order valence-corrected chi connectivity index (χ3v) is 4.39. The van der Waals surface area contributed by atoms with Crippen LogP contribution < -0.4 is 0 Å². The largest absolute Gasteiger partial charge is 0.422 e. The molecule has 1 heterocycles. The van der Waals surface area contributed by atoms with E-state index in [0.29, 0.717) is 10.7 Å². The molecule has 2 atom stereocenters. The van der Waals surface area contributed by atoms with Crippen LogP contribution in [0.5, 0.6) is 0 Å². The fraction of sp³-hybridized carbons (Fsp3) is 0.312. The van der Waals surface area contributed by atoms with Crippen LogP contribution in [-0.4, -0.2) is 16.3 Å². The second kappa shape index (κ2) is 6.30. The van der Waals surface area contributed by atoms with E-state index in [4.69, 9.17) is 23.2 Å². The van der Waals surface area contributed by atoms with Gasteiger partial charge in [-0.1, -0.05) is 36.2 Å². The highest BCUT2D eigenvalue weighted by Gasteiger charge is 2.59. The Balaban J connectivity index is 2.63. The molecule has 0 aliphatic rings. The zero-order valence-corrected chi connectivity index (χ0v) is 13.8. The van der Waals surface area contributed by atoms with Crippen molar-refractivity contribution >= 4 is 23.2 Å². The standard InChI is InChI=1S/C16H14Cl2F3NO/c1-9-7-11(5-6-22-9)15(23,16(19,20)21)10(2)13-4-3-12(17)8-14(13)18/h3-8,10,23H,1-2H3. The lowest BCUT2D eigenvalue weighted by atomic mass is 9.78. The van der Waals surface area contributed by atoms with E-state index in [2.05, 4.69) is 4.98 Å². The third kappa shape index (κ3) is 3.32. The summed E-state index contributed by atoms with van der Waals surface area (Å²) in [5.74, 6) is -1.34. The molecule has 0 fully saturated rings. The maximum Gasteiger partial charge on any atom is 0.422 e. The highest BCUT2D eigenvalue weighted by Crippen LogP contribution is 2.49. The van der Waals surface area contributed by atoms with Gasteiger partial charge in [0.2, 0.25) is 0 Å². The molecule has 0 radical (unpaired) electrons. The molecule has 2 nitrogen and oxygen atoms in total. The molecule has 1 aromatic carbocycles. The fourth-order valence-electron chi connectivity index (χ4n) is 2.52. The van der Waals surface area contributed by atoms with E-state index in [0.717, 1.165) is 6.07 Å². The number of alkyl halides is 3. The van der Waals surface area contributed by atoms with Crippen LogP contribution in [0.1, 0.15) is 29.7 Å². The number of halogens is 5. The summed E-state index contributed by atoms with van der Waals surface area (Å²) < 4.78 is 41.2. The van der Waals surface area contributed by atoms with Crippen LogP contribution >= 0.6 is 23.2 Å². The molecule has 7 heteroatoms. The Hall–Kier alpha value is -1.30. The second-order valence-corrected chi connectivity index (χ2v) is 6.18. The van der Waals surface area contributed by atoms with E-state index in [-0.39, 0.29) is 16.1 Å². The molecule has 0 bridgehead atoms. The van der Waals surface area contributed by atoms with Gasteiger partial charge in [0.25, 0.3) is 0 Å². The molecule has 1 aromatic heterocycles. The Morgan fingerprint density at radius 3 is 2.30 bits per heavy atom. The normalized spacial score (nSPS) is 16.0. The monoisotopic (exact) mass is 363 g/mol. The van der Waals surface area contributed by atoms with Crippen molar-refractivity contribution < 1.29 is 18.3 Å². The molecule has 0 saturated carbocycles. The van der Waals surface area contributed by atoms with Crippen molar-refractivity contribution in [3.63, 3.8) is 0 Å². The minimum Gasteiger partial charge on any atom is -0.376 e. The van der Waals surface area contributed by atoms with Crippen LogP contribution in [0.2, 0.25) is 10.0 Å². The number of hydrogen-bond acceptors (Lipinski definition) is 2. The van der Waals surface area contributed by atoms with Crippen molar-refractivity contribution in [1.29, 1.82) is 0 Å². The highest BCUT2D eigenvalue weighted by atomic mass is 35.5. The molecule has 0 aliphatic heterocycles. The van der Waals surface area contributed by atoms with Crippen molar-refractivity contribution in [2.24, 2.45) is 0 Å². The smallest absolute Gasteiger partial charge is 0.376 e. The minimum atomic E-state index is -4.90. The first kappa shape index (κ1) is 18.0. The number of aromatic nitrogens is 1. The average Bonchev–Trinajstić information content (AvgIpc) is 2.44. The molecule has 1 N–H and O–H groups in total. The molecule has 0 saturated heterocycles. The molecule has 2 rings (SSSR count). The van der Waals surface area contributed by atoms with Crippen LogP contribution in [0.4, 0.5) is 13.2 Å². The summed E-state index contributed by atoms with van der Waals surface area (Å²) in [6.45, 7) is 2.83. The molecular weight excluding hydrogens is 350 g/mol. The molecular formula is C16H14Cl2F3NO. The number of aliphatic hydroxyl groups is 1. The topological polar surface area (TPSA) is 33.1 Å². The summed E-state index contributed by atoms with van der Waals surface area (Å²) in [7, 11) is 0. The van der Waals surface area contributed by atoms with Gasteiger partial charge in [-0.05, 0) is 42.3 Å². The first-order chi connectivity index (χ1) is 10.6. The zero-order chi connectivity index (χ0) is 17.4. The summed E-state index contributed by atoms with van der Waals surface area (Å²) in [6, 6.07) is 6.55. The van der Waals surface area contributed by atoms with Crippen LogP contribution in [0.25, 0.3) is 0 Å². The van der Waals surface area contributed by atoms with Gasteiger partial charge in [-0.15, -0.1) is 0 Å². The van der Waals surface area contributed by atoms with Gasteiger partial charge in [0.1, 0.15) is 0 Å². The number of rotatable bonds is 3. The van der Waals surface area contributed by atoms with Crippen molar-refractivity contribution in [2.75, 3.05) is 0 Å². The lowest BCUT2D eigenvalue weighted by Gasteiger charge is -2.37. The Morgan fingerprint density at radius 2 is 1.78 bits per heavy atom.